The number of anilines is 1. The molecule has 0 saturated carbocycles. The number of nitrogens with two attached hydrogens (primary N) is 1. The van der Waals surface area contributed by atoms with Crippen molar-refractivity contribution >= 4 is 5.82 Å². The molecule has 0 unspecified atom stereocenters. The third kappa shape index (κ3) is 2.95. The highest BCUT2D eigenvalue weighted by Crippen LogP contribution is 2.22. The molecule has 0 aliphatic heterocycles. The predicted molar refractivity (Wildman–Crippen MR) is 70.5 cm³/mol. The number of benzene rings is 1. The minimum atomic E-state index is 0.476. The van der Waals surface area contributed by atoms with Crippen LogP contribution in [0.25, 0.3) is 0 Å². The number of rotatable bonds is 4. The number of hydrogen-bond acceptors (Lipinski definition) is 5. The second-order valence-corrected chi connectivity index (χ2v) is 3.89. The Morgan fingerprint density at radius 3 is 2.83 bits per heavy atom. The molecule has 5 heteroatoms. The second-order valence-electron chi connectivity index (χ2n) is 3.89. The Labute approximate surface area is 106 Å². The van der Waals surface area contributed by atoms with Crippen LogP contribution in [0.3, 0.4) is 0 Å². The summed E-state index contributed by atoms with van der Waals surface area (Å²) in [6, 6.07) is 9.57. The largest absolute Gasteiger partial charge is 0.439 e. The molecule has 18 heavy (non-hydrogen) atoms. The molecule has 2 aromatic rings. The standard InChI is InChI=1S/C13H16N4O/c1-3-10-5-4-6-11(7-10)18-13-8-12(17-14)15-9(2)16-13/h4-8H,3,14H2,1-2H3,(H,15,16,17). The molecule has 3 N–H and O–H groups in total. The van der Waals surface area contributed by atoms with Gasteiger partial charge in [0.05, 0.1) is 0 Å². The van der Waals surface area contributed by atoms with E-state index in [0.717, 1.165) is 12.2 Å². The Hall–Kier alpha value is -2.14. The zero-order valence-electron chi connectivity index (χ0n) is 10.5. The molecule has 0 radical (unpaired) electrons. The van der Waals surface area contributed by atoms with Gasteiger partial charge in [0.25, 0.3) is 0 Å². The lowest BCUT2D eigenvalue weighted by atomic mass is 10.2. The van der Waals surface area contributed by atoms with E-state index >= 15 is 0 Å². The molecule has 0 aliphatic rings. The second kappa shape index (κ2) is 5.46. The molecule has 1 heterocycles. The van der Waals surface area contributed by atoms with Gasteiger partial charge in [0, 0.05) is 6.07 Å². The monoisotopic (exact) mass is 244 g/mol. The van der Waals surface area contributed by atoms with Crippen LogP contribution < -0.4 is 16.0 Å². The molecule has 0 aliphatic carbocycles. The maximum atomic E-state index is 5.70. The van der Waals surface area contributed by atoms with Crippen LogP contribution in [0.2, 0.25) is 0 Å². The van der Waals surface area contributed by atoms with E-state index in [0.29, 0.717) is 17.5 Å². The molecule has 1 aromatic heterocycles. The first-order chi connectivity index (χ1) is 8.71. The van der Waals surface area contributed by atoms with E-state index in [-0.39, 0.29) is 0 Å². The van der Waals surface area contributed by atoms with Gasteiger partial charge in [0.15, 0.2) is 0 Å². The molecular formula is C13H16N4O. The van der Waals surface area contributed by atoms with E-state index in [1.807, 2.05) is 18.2 Å². The lowest BCUT2D eigenvalue weighted by molar-refractivity contribution is 0.459. The van der Waals surface area contributed by atoms with Crippen molar-refractivity contribution in [2.45, 2.75) is 20.3 Å². The fourth-order valence-corrected chi connectivity index (χ4v) is 1.62. The lowest BCUT2D eigenvalue weighted by Crippen LogP contribution is -2.09. The normalized spacial score (nSPS) is 10.2. The van der Waals surface area contributed by atoms with Crippen LogP contribution in [0.5, 0.6) is 11.6 Å². The van der Waals surface area contributed by atoms with Crippen LogP contribution >= 0.6 is 0 Å². The van der Waals surface area contributed by atoms with E-state index in [9.17, 15) is 0 Å². The predicted octanol–water partition coefficient (Wildman–Crippen LogP) is 2.43. The van der Waals surface area contributed by atoms with Gasteiger partial charge in [-0.1, -0.05) is 19.1 Å². The van der Waals surface area contributed by atoms with Gasteiger partial charge in [-0.2, -0.15) is 4.98 Å². The van der Waals surface area contributed by atoms with Gasteiger partial charge >= 0.3 is 0 Å². The fourth-order valence-electron chi connectivity index (χ4n) is 1.62. The zero-order valence-corrected chi connectivity index (χ0v) is 10.5. The average molecular weight is 244 g/mol. The van der Waals surface area contributed by atoms with E-state index in [4.69, 9.17) is 10.6 Å². The van der Waals surface area contributed by atoms with Crippen LogP contribution in [-0.4, -0.2) is 9.97 Å². The summed E-state index contributed by atoms with van der Waals surface area (Å²) >= 11 is 0. The summed E-state index contributed by atoms with van der Waals surface area (Å²) in [6.45, 7) is 3.89. The molecule has 5 nitrogen and oxygen atoms in total. The van der Waals surface area contributed by atoms with Crippen LogP contribution in [0, 0.1) is 6.92 Å². The minimum absolute atomic E-state index is 0.476. The average Bonchev–Trinajstić information content (AvgIpc) is 2.38. The van der Waals surface area contributed by atoms with Crippen molar-refractivity contribution in [3.05, 3.63) is 41.7 Å². The van der Waals surface area contributed by atoms with E-state index < -0.39 is 0 Å². The zero-order chi connectivity index (χ0) is 13.0. The van der Waals surface area contributed by atoms with Gasteiger partial charge in [-0.25, -0.2) is 10.8 Å². The van der Waals surface area contributed by atoms with E-state index in [2.05, 4.69) is 28.4 Å². The number of aromatic nitrogens is 2. The highest BCUT2D eigenvalue weighted by atomic mass is 16.5. The number of nitrogen functional groups attached to an aromatic ring is 1. The Morgan fingerprint density at radius 1 is 1.28 bits per heavy atom. The summed E-state index contributed by atoms with van der Waals surface area (Å²) in [4.78, 5) is 8.30. The Balaban J connectivity index is 2.24. The SMILES string of the molecule is CCc1cccc(Oc2cc(NN)nc(C)n2)c1. The van der Waals surface area contributed by atoms with Crippen molar-refractivity contribution in [1.82, 2.24) is 9.97 Å². The minimum Gasteiger partial charge on any atom is -0.439 e. The van der Waals surface area contributed by atoms with E-state index in [1.54, 1.807) is 13.0 Å². The summed E-state index contributed by atoms with van der Waals surface area (Å²) in [5.41, 5.74) is 3.70. The Kier molecular flexibility index (Phi) is 3.74. The lowest BCUT2D eigenvalue weighted by Gasteiger charge is -2.08. The summed E-state index contributed by atoms with van der Waals surface area (Å²) in [5.74, 6) is 7.70. The van der Waals surface area contributed by atoms with Gasteiger partial charge in [-0.3, -0.25) is 0 Å². The maximum Gasteiger partial charge on any atom is 0.224 e. The third-order valence-corrected chi connectivity index (χ3v) is 2.49. The summed E-state index contributed by atoms with van der Waals surface area (Å²) in [6.07, 6.45) is 0.968. The smallest absolute Gasteiger partial charge is 0.224 e. The van der Waals surface area contributed by atoms with Crippen LogP contribution in [0.1, 0.15) is 18.3 Å². The fraction of sp³-hybridized carbons (Fsp3) is 0.231. The highest BCUT2D eigenvalue weighted by Gasteiger charge is 2.03. The molecule has 94 valence electrons. The first-order valence-electron chi connectivity index (χ1n) is 5.80. The van der Waals surface area contributed by atoms with Gasteiger partial charge in [0.2, 0.25) is 5.88 Å². The highest BCUT2D eigenvalue weighted by molar-refractivity contribution is 5.39. The van der Waals surface area contributed by atoms with Crippen molar-refractivity contribution in [2.75, 3.05) is 5.43 Å². The number of hydrazine groups is 1. The van der Waals surface area contributed by atoms with Crippen molar-refractivity contribution in [1.29, 1.82) is 0 Å². The van der Waals surface area contributed by atoms with Gasteiger partial charge < -0.3 is 10.2 Å². The first-order valence-corrected chi connectivity index (χ1v) is 5.80. The molecule has 0 amide bonds. The number of nitrogens with zero attached hydrogens (tertiary/aromatic N) is 2. The number of ether oxygens (including phenoxy) is 1. The van der Waals surface area contributed by atoms with Crippen molar-refractivity contribution in [3.63, 3.8) is 0 Å². The van der Waals surface area contributed by atoms with Gasteiger partial charge in [-0.05, 0) is 31.0 Å². The van der Waals surface area contributed by atoms with Crippen LogP contribution in [0.4, 0.5) is 5.82 Å². The van der Waals surface area contributed by atoms with Crippen LogP contribution in [-0.2, 0) is 6.42 Å². The topological polar surface area (TPSA) is 73.1 Å². The molecule has 2 rings (SSSR count). The Bertz CT molecular complexity index is 542. The molecule has 1 aromatic carbocycles. The van der Waals surface area contributed by atoms with Crippen molar-refractivity contribution in [3.8, 4) is 11.6 Å². The molecule has 0 fully saturated rings. The third-order valence-electron chi connectivity index (χ3n) is 2.49. The maximum absolute atomic E-state index is 5.70. The summed E-state index contributed by atoms with van der Waals surface area (Å²) in [5, 5.41) is 0. The molecule has 0 atom stereocenters. The quantitative estimate of drug-likeness (QED) is 0.638. The van der Waals surface area contributed by atoms with Gasteiger partial charge in [-0.15, -0.1) is 0 Å². The van der Waals surface area contributed by atoms with Crippen LogP contribution in [0.15, 0.2) is 30.3 Å². The van der Waals surface area contributed by atoms with Gasteiger partial charge in [0.1, 0.15) is 17.4 Å². The number of hydrogen-bond donors (Lipinski definition) is 2. The Morgan fingerprint density at radius 2 is 2.11 bits per heavy atom. The van der Waals surface area contributed by atoms with Crippen molar-refractivity contribution < 1.29 is 4.74 Å². The first kappa shape index (κ1) is 12.3. The number of aryl methyl sites for hydroxylation is 2. The molecule has 0 saturated heterocycles. The van der Waals surface area contributed by atoms with E-state index in [1.165, 1.54) is 5.56 Å². The molecule has 0 spiro atoms. The number of nitrogens with one attached hydrogen (secondary N) is 1. The summed E-state index contributed by atoms with van der Waals surface area (Å²) in [7, 11) is 0. The van der Waals surface area contributed by atoms with Crippen molar-refractivity contribution in [2.24, 2.45) is 5.84 Å². The molecule has 0 bridgehead atoms. The molecular weight excluding hydrogens is 228 g/mol. The summed E-state index contributed by atoms with van der Waals surface area (Å²) < 4.78 is 5.70.